The van der Waals surface area contributed by atoms with Gasteiger partial charge in [-0.25, -0.2) is 0 Å². The summed E-state index contributed by atoms with van der Waals surface area (Å²) in [4.78, 5) is 10.7. The fourth-order valence-corrected chi connectivity index (χ4v) is 1.51. The van der Waals surface area contributed by atoms with Crippen LogP contribution in [0.15, 0.2) is 18.2 Å². The van der Waals surface area contributed by atoms with Crippen LogP contribution in [-0.2, 0) is 4.79 Å². The lowest BCUT2D eigenvalue weighted by Crippen LogP contribution is -2.26. The topological polar surface area (TPSA) is 76.4 Å². The SMILES string of the molecule is CC(=O)NCCNc1cc(N)cc(OC(C)C)c1. The second-order valence-corrected chi connectivity index (χ2v) is 4.37. The average Bonchev–Trinajstić information content (AvgIpc) is 2.22. The van der Waals surface area contributed by atoms with Crippen molar-refractivity contribution in [3.8, 4) is 5.75 Å². The van der Waals surface area contributed by atoms with Crippen LogP contribution in [0.25, 0.3) is 0 Å². The number of benzene rings is 1. The third-order valence-corrected chi connectivity index (χ3v) is 2.13. The molecule has 5 heteroatoms. The molecule has 0 aliphatic carbocycles. The van der Waals surface area contributed by atoms with E-state index in [9.17, 15) is 4.79 Å². The Morgan fingerprint density at radius 1 is 1.33 bits per heavy atom. The number of nitrogen functional groups attached to an aromatic ring is 1. The van der Waals surface area contributed by atoms with E-state index in [0.29, 0.717) is 18.8 Å². The van der Waals surface area contributed by atoms with Gasteiger partial charge in [-0.2, -0.15) is 0 Å². The van der Waals surface area contributed by atoms with Crippen LogP contribution in [0.2, 0.25) is 0 Å². The first-order valence-electron chi connectivity index (χ1n) is 6.03. The van der Waals surface area contributed by atoms with Crippen molar-refractivity contribution in [1.82, 2.24) is 5.32 Å². The van der Waals surface area contributed by atoms with Crippen molar-refractivity contribution in [1.29, 1.82) is 0 Å². The highest BCUT2D eigenvalue weighted by molar-refractivity contribution is 5.72. The zero-order valence-electron chi connectivity index (χ0n) is 11.1. The number of hydrogen-bond acceptors (Lipinski definition) is 4. The zero-order valence-corrected chi connectivity index (χ0v) is 11.1. The van der Waals surface area contributed by atoms with Gasteiger partial charge in [0, 0.05) is 43.5 Å². The molecule has 0 spiro atoms. The number of anilines is 2. The van der Waals surface area contributed by atoms with Gasteiger partial charge in [-0.1, -0.05) is 0 Å². The van der Waals surface area contributed by atoms with Gasteiger partial charge in [-0.15, -0.1) is 0 Å². The van der Waals surface area contributed by atoms with E-state index in [4.69, 9.17) is 10.5 Å². The molecular weight excluding hydrogens is 230 g/mol. The molecule has 0 radical (unpaired) electrons. The van der Waals surface area contributed by atoms with Crippen molar-refractivity contribution in [2.75, 3.05) is 24.1 Å². The normalized spacial score (nSPS) is 10.2. The molecule has 0 saturated carbocycles. The Morgan fingerprint density at radius 3 is 2.67 bits per heavy atom. The third kappa shape index (κ3) is 5.43. The molecule has 0 saturated heterocycles. The second kappa shape index (κ2) is 6.74. The van der Waals surface area contributed by atoms with Crippen LogP contribution in [0.5, 0.6) is 5.75 Å². The van der Waals surface area contributed by atoms with E-state index in [1.54, 1.807) is 6.07 Å². The molecule has 0 unspecified atom stereocenters. The Bertz CT molecular complexity index is 405. The van der Waals surface area contributed by atoms with Gasteiger partial charge in [0.15, 0.2) is 0 Å². The Labute approximate surface area is 108 Å². The molecule has 0 bridgehead atoms. The highest BCUT2D eigenvalue weighted by Gasteiger charge is 2.02. The molecule has 1 aromatic carbocycles. The molecule has 1 amide bonds. The summed E-state index contributed by atoms with van der Waals surface area (Å²) in [5.74, 6) is 0.709. The van der Waals surface area contributed by atoms with Crippen LogP contribution in [0.3, 0.4) is 0 Å². The molecule has 1 aromatic rings. The maximum absolute atomic E-state index is 10.7. The van der Waals surface area contributed by atoms with Crippen molar-refractivity contribution in [3.05, 3.63) is 18.2 Å². The van der Waals surface area contributed by atoms with E-state index in [-0.39, 0.29) is 12.0 Å². The smallest absolute Gasteiger partial charge is 0.216 e. The van der Waals surface area contributed by atoms with Gasteiger partial charge < -0.3 is 21.1 Å². The minimum atomic E-state index is -0.0341. The summed E-state index contributed by atoms with van der Waals surface area (Å²) in [6, 6.07) is 5.52. The van der Waals surface area contributed by atoms with E-state index in [2.05, 4.69) is 10.6 Å². The van der Waals surface area contributed by atoms with E-state index >= 15 is 0 Å². The first-order valence-corrected chi connectivity index (χ1v) is 6.03. The summed E-state index contributed by atoms with van der Waals surface area (Å²) >= 11 is 0. The predicted octanol–water partition coefficient (Wildman–Crippen LogP) is 1.60. The molecule has 0 fully saturated rings. The molecule has 5 nitrogen and oxygen atoms in total. The summed E-state index contributed by atoms with van der Waals surface area (Å²) in [7, 11) is 0. The number of amides is 1. The van der Waals surface area contributed by atoms with Crippen molar-refractivity contribution in [2.24, 2.45) is 0 Å². The van der Waals surface area contributed by atoms with Gasteiger partial charge >= 0.3 is 0 Å². The predicted molar refractivity (Wildman–Crippen MR) is 73.8 cm³/mol. The van der Waals surface area contributed by atoms with Crippen molar-refractivity contribution in [3.63, 3.8) is 0 Å². The highest BCUT2D eigenvalue weighted by Crippen LogP contribution is 2.23. The van der Waals surface area contributed by atoms with E-state index < -0.39 is 0 Å². The maximum atomic E-state index is 10.7. The largest absolute Gasteiger partial charge is 0.491 e. The van der Waals surface area contributed by atoms with Crippen LogP contribution >= 0.6 is 0 Å². The summed E-state index contributed by atoms with van der Waals surface area (Å²) < 4.78 is 5.59. The monoisotopic (exact) mass is 251 g/mol. The lowest BCUT2D eigenvalue weighted by molar-refractivity contribution is -0.118. The summed E-state index contributed by atoms with van der Waals surface area (Å²) in [5.41, 5.74) is 7.33. The van der Waals surface area contributed by atoms with Crippen LogP contribution < -0.4 is 21.1 Å². The van der Waals surface area contributed by atoms with Crippen LogP contribution in [0, 0.1) is 0 Å². The molecule has 0 aliphatic rings. The molecule has 0 aromatic heterocycles. The van der Waals surface area contributed by atoms with Gasteiger partial charge in [0.2, 0.25) is 5.91 Å². The minimum absolute atomic E-state index is 0.0341. The van der Waals surface area contributed by atoms with Gasteiger partial charge in [0.1, 0.15) is 5.75 Å². The van der Waals surface area contributed by atoms with Gasteiger partial charge in [0.05, 0.1) is 6.10 Å². The van der Waals surface area contributed by atoms with Crippen molar-refractivity contribution >= 4 is 17.3 Å². The second-order valence-electron chi connectivity index (χ2n) is 4.37. The fraction of sp³-hybridized carbons (Fsp3) is 0.462. The molecule has 100 valence electrons. The van der Waals surface area contributed by atoms with Crippen LogP contribution in [0.1, 0.15) is 20.8 Å². The quantitative estimate of drug-likeness (QED) is 0.530. The van der Waals surface area contributed by atoms with Gasteiger partial charge in [-0.05, 0) is 19.9 Å². The average molecular weight is 251 g/mol. The van der Waals surface area contributed by atoms with E-state index in [1.165, 1.54) is 6.92 Å². The molecule has 18 heavy (non-hydrogen) atoms. The first-order chi connectivity index (χ1) is 8.47. The summed E-state index contributed by atoms with van der Waals surface area (Å²) in [6.45, 7) is 6.64. The fourth-order valence-electron chi connectivity index (χ4n) is 1.51. The Balaban J connectivity index is 2.54. The highest BCUT2D eigenvalue weighted by atomic mass is 16.5. The maximum Gasteiger partial charge on any atom is 0.216 e. The number of nitrogens with one attached hydrogen (secondary N) is 2. The van der Waals surface area contributed by atoms with Crippen molar-refractivity contribution < 1.29 is 9.53 Å². The molecule has 0 heterocycles. The Morgan fingerprint density at radius 2 is 2.06 bits per heavy atom. The lowest BCUT2D eigenvalue weighted by atomic mass is 10.2. The number of carbonyl (C=O) groups is 1. The third-order valence-electron chi connectivity index (χ3n) is 2.13. The lowest BCUT2D eigenvalue weighted by Gasteiger charge is -2.13. The van der Waals surface area contributed by atoms with Gasteiger partial charge in [-0.3, -0.25) is 4.79 Å². The van der Waals surface area contributed by atoms with Crippen molar-refractivity contribution in [2.45, 2.75) is 26.9 Å². The molecular formula is C13H21N3O2. The Hall–Kier alpha value is -1.91. The molecule has 0 aliphatic heterocycles. The number of rotatable bonds is 6. The minimum Gasteiger partial charge on any atom is -0.491 e. The number of nitrogens with two attached hydrogens (primary N) is 1. The number of carbonyl (C=O) groups excluding carboxylic acids is 1. The zero-order chi connectivity index (χ0) is 13.5. The Kier molecular flexibility index (Phi) is 5.30. The number of hydrogen-bond donors (Lipinski definition) is 3. The number of ether oxygens (including phenoxy) is 1. The molecule has 0 atom stereocenters. The standard InChI is InChI=1S/C13H21N3O2/c1-9(2)18-13-7-11(14)6-12(8-13)16-5-4-15-10(3)17/h6-9,16H,4-5,14H2,1-3H3,(H,15,17). The van der Waals surface area contributed by atoms with E-state index in [0.717, 1.165) is 11.4 Å². The van der Waals surface area contributed by atoms with Gasteiger partial charge in [0.25, 0.3) is 0 Å². The summed E-state index contributed by atoms with van der Waals surface area (Å²) in [5, 5.41) is 5.89. The van der Waals surface area contributed by atoms with Crippen LogP contribution in [-0.4, -0.2) is 25.1 Å². The molecule has 1 rings (SSSR count). The van der Waals surface area contributed by atoms with E-state index in [1.807, 2.05) is 26.0 Å². The first kappa shape index (κ1) is 14.2. The van der Waals surface area contributed by atoms with Crippen LogP contribution in [0.4, 0.5) is 11.4 Å². The summed E-state index contributed by atoms with van der Waals surface area (Å²) in [6.07, 6.45) is 0.110. The molecule has 4 N–H and O–H groups in total.